The van der Waals surface area contributed by atoms with Gasteiger partial charge in [-0.15, -0.1) is 0 Å². The highest BCUT2D eigenvalue weighted by Gasteiger charge is 2.24. The van der Waals surface area contributed by atoms with Crippen LogP contribution in [0.1, 0.15) is 44.0 Å². The van der Waals surface area contributed by atoms with Crippen molar-refractivity contribution in [3.8, 4) is 0 Å². The minimum absolute atomic E-state index is 0.0134. The molecular formula is C18H23N3O5. The number of hydrogen-bond acceptors (Lipinski definition) is 5. The lowest BCUT2D eigenvalue weighted by molar-refractivity contribution is -0.127. The molecular weight excluding hydrogens is 338 g/mol. The maximum Gasteiger partial charge on any atom is 0.338 e. The second-order valence-corrected chi connectivity index (χ2v) is 6.36. The summed E-state index contributed by atoms with van der Waals surface area (Å²) >= 11 is 0. The van der Waals surface area contributed by atoms with Crippen LogP contribution in [0.4, 0.5) is 10.5 Å². The van der Waals surface area contributed by atoms with Gasteiger partial charge in [-0.3, -0.25) is 14.9 Å². The second-order valence-electron chi connectivity index (χ2n) is 6.36. The van der Waals surface area contributed by atoms with Crippen LogP contribution in [-0.4, -0.2) is 42.5 Å². The Labute approximate surface area is 151 Å². The molecule has 0 aliphatic carbocycles. The number of carbonyl (C=O) groups is 4. The zero-order valence-corrected chi connectivity index (χ0v) is 15.1. The van der Waals surface area contributed by atoms with Crippen LogP contribution < -0.4 is 15.5 Å². The van der Waals surface area contributed by atoms with E-state index in [1.165, 1.54) is 6.92 Å². The van der Waals surface area contributed by atoms with Gasteiger partial charge in [0.2, 0.25) is 5.91 Å². The van der Waals surface area contributed by atoms with Crippen LogP contribution in [0.15, 0.2) is 24.3 Å². The lowest BCUT2D eigenvalue weighted by Crippen LogP contribution is -2.46. The summed E-state index contributed by atoms with van der Waals surface area (Å²) in [5.41, 5.74) is 0.851. The van der Waals surface area contributed by atoms with Crippen molar-refractivity contribution in [2.24, 2.45) is 0 Å². The van der Waals surface area contributed by atoms with Gasteiger partial charge in [-0.05, 0) is 45.4 Å². The first-order chi connectivity index (χ1) is 12.3. The fraction of sp³-hybridized carbons (Fsp3) is 0.444. The zero-order chi connectivity index (χ0) is 19.3. The molecule has 8 nitrogen and oxygen atoms in total. The van der Waals surface area contributed by atoms with Gasteiger partial charge in [-0.25, -0.2) is 9.59 Å². The van der Waals surface area contributed by atoms with E-state index in [2.05, 4.69) is 10.6 Å². The summed E-state index contributed by atoms with van der Waals surface area (Å²) in [6, 6.07) is 5.72. The largest absolute Gasteiger partial charge is 0.449 e. The summed E-state index contributed by atoms with van der Waals surface area (Å²) in [4.78, 5) is 49.1. The number of nitrogens with zero attached hydrogens (tertiary/aromatic N) is 1. The van der Waals surface area contributed by atoms with Gasteiger partial charge in [-0.1, -0.05) is 6.07 Å². The Balaban J connectivity index is 1.97. The van der Waals surface area contributed by atoms with Crippen LogP contribution in [0.5, 0.6) is 0 Å². The van der Waals surface area contributed by atoms with E-state index in [1.54, 1.807) is 43.0 Å². The molecule has 0 radical (unpaired) electrons. The molecule has 0 saturated carbocycles. The number of benzene rings is 1. The molecule has 26 heavy (non-hydrogen) atoms. The van der Waals surface area contributed by atoms with Crippen LogP contribution in [0.25, 0.3) is 0 Å². The van der Waals surface area contributed by atoms with Crippen LogP contribution in [0, 0.1) is 0 Å². The average Bonchev–Trinajstić information content (AvgIpc) is 3.00. The van der Waals surface area contributed by atoms with Gasteiger partial charge in [0.05, 0.1) is 5.56 Å². The van der Waals surface area contributed by atoms with Crippen molar-refractivity contribution in [2.75, 3.05) is 11.4 Å². The molecule has 0 aromatic heterocycles. The molecule has 1 aromatic rings. The zero-order valence-electron chi connectivity index (χ0n) is 15.1. The number of urea groups is 1. The third-order valence-electron chi connectivity index (χ3n) is 3.78. The van der Waals surface area contributed by atoms with Crippen LogP contribution in [0.2, 0.25) is 0 Å². The third-order valence-corrected chi connectivity index (χ3v) is 3.78. The van der Waals surface area contributed by atoms with Gasteiger partial charge >= 0.3 is 12.0 Å². The number of hydrogen-bond donors (Lipinski definition) is 2. The molecule has 0 spiro atoms. The average molecular weight is 361 g/mol. The Hall–Kier alpha value is -2.90. The summed E-state index contributed by atoms with van der Waals surface area (Å²) in [6.07, 6.45) is 0.130. The lowest BCUT2D eigenvalue weighted by atomic mass is 10.2. The van der Waals surface area contributed by atoms with E-state index in [-0.39, 0.29) is 17.5 Å². The molecule has 1 atom stereocenters. The highest BCUT2D eigenvalue weighted by Crippen LogP contribution is 2.22. The summed E-state index contributed by atoms with van der Waals surface area (Å²) in [5, 5.41) is 4.62. The fourth-order valence-corrected chi connectivity index (χ4v) is 2.52. The molecule has 1 heterocycles. The molecule has 1 aromatic carbocycles. The number of carbonyl (C=O) groups excluding carboxylic acids is 4. The van der Waals surface area contributed by atoms with E-state index in [9.17, 15) is 19.2 Å². The highest BCUT2D eigenvalue weighted by atomic mass is 16.5. The SMILES string of the molecule is CC(C)NC(=O)NC(=O)[C@@H](C)OC(=O)c1cccc(N2CCCC2=O)c1. The number of imide groups is 1. The molecule has 1 fully saturated rings. The van der Waals surface area contributed by atoms with Crippen molar-refractivity contribution in [2.45, 2.75) is 45.8 Å². The molecule has 1 aliphatic heterocycles. The van der Waals surface area contributed by atoms with Crippen molar-refractivity contribution >= 4 is 29.5 Å². The van der Waals surface area contributed by atoms with E-state index in [4.69, 9.17) is 4.74 Å². The van der Waals surface area contributed by atoms with Gasteiger partial charge in [0, 0.05) is 24.7 Å². The number of ether oxygens (including phenoxy) is 1. The van der Waals surface area contributed by atoms with Gasteiger partial charge in [0.15, 0.2) is 6.10 Å². The lowest BCUT2D eigenvalue weighted by Gasteiger charge is -2.17. The Morgan fingerprint density at radius 1 is 1.19 bits per heavy atom. The number of amides is 4. The summed E-state index contributed by atoms with van der Waals surface area (Å²) < 4.78 is 5.11. The van der Waals surface area contributed by atoms with E-state index in [0.717, 1.165) is 6.42 Å². The van der Waals surface area contributed by atoms with E-state index < -0.39 is 24.0 Å². The third kappa shape index (κ3) is 5.05. The van der Waals surface area contributed by atoms with E-state index in [1.807, 2.05) is 0 Å². The van der Waals surface area contributed by atoms with E-state index >= 15 is 0 Å². The van der Waals surface area contributed by atoms with Crippen LogP contribution >= 0.6 is 0 Å². The van der Waals surface area contributed by atoms with Gasteiger partial charge in [0.25, 0.3) is 5.91 Å². The van der Waals surface area contributed by atoms with Crippen molar-refractivity contribution in [3.63, 3.8) is 0 Å². The Morgan fingerprint density at radius 3 is 2.54 bits per heavy atom. The Morgan fingerprint density at radius 2 is 1.92 bits per heavy atom. The topological polar surface area (TPSA) is 105 Å². The normalized spacial score (nSPS) is 14.9. The standard InChI is InChI=1S/C18H23N3O5/c1-11(2)19-18(25)20-16(23)12(3)26-17(24)13-6-4-7-14(10-13)21-9-5-8-15(21)22/h4,6-7,10-12H,5,8-9H2,1-3H3,(H2,19,20,23,25)/t12-/m1/s1. The van der Waals surface area contributed by atoms with Gasteiger partial charge in [0.1, 0.15) is 0 Å². The molecule has 1 aliphatic rings. The number of esters is 1. The van der Waals surface area contributed by atoms with Crippen molar-refractivity contribution in [1.29, 1.82) is 0 Å². The molecule has 8 heteroatoms. The molecule has 2 N–H and O–H groups in total. The monoisotopic (exact) mass is 361 g/mol. The number of anilines is 1. The Bertz CT molecular complexity index is 717. The first kappa shape index (κ1) is 19.4. The minimum atomic E-state index is -1.14. The molecule has 2 rings (SSSR count). The van der Waals surface area contributed by atoms with Crippen LogP contribution in [0.3, 0.4) is 0 Å². The molecule has 140 valence electrons. The van der Waals surface area contributed by atoms with Crippen molar-refractivity contribution in [3.05, 3.63) is 29.8 Å². The van der Waals surface area contributed by atoms with Crippen molar-refractivity contribution < 1.29 is 23.9 Å². The summed E-state index contributed by atoms with van der Waals surface area (Å²) in [7, 11) is 0. The number of nitrogens with one attached hydrogen (secondary N) is 2. The molecule has 0 unspecified atom stereocenters. The maximum atomic E-state index is 12.3. The van der Waals surface area contributed by atoms with E-state index in [0.29, 0.717) is 18.7 Å². The molecule has 1 saturated heterocycles. The molecule has 0 bridgehead atoms. The predicted octanol–water partition coefficient (Wildman–Crippen LogP) is 1.59. The first-order valence-electron chi connectivity index (χ1n) is 8.50. The molecule has 4 amide bonds. The quantitative estimate of drug-likeness (QED) is 0.775. The van der Waals surface area contributed by atoms with Crippen LogP contribution in [-0.2, 0) is 14.3 Å². The number of rotatable bonds is 5. The first-order valence-corrected chi connectivity index (χ1v) is 8.50. The summed E-state index contributed by atoms with van der Waals surface area (Å²) in [5.74, 6) is -1.41. The highest BCUT2D eigenvalue weighted by molar-refractivity contribution is 6.00. The predicted molar refractivity (Wildman–Crippen MR) is 94.7 cm³/mol. The fourth-order valence-electron chi connectivity index (χ4n) is 2.52. The maximum absolute atomic E-state index is 12.3. The Kier molecular flexibility index (Phi) is 6.32. The van der Waals surface area contributed by atoms with Gasteiger partial charge < -0.3 is 15.0 Å². The second kappa shape index (κ2) is 8.46. The minimum Gasteiger partial charge on any atom is -0.449 e. The summed E-state index contributed by atoms with van der Waals surface area (Å²) in [6.45, 7) is 5.50. The smallest absolute Gasteiger partial charge is 0.338 e. The van der Waals surface area contributed by atoms with Crippen molar-refractivity contribution in [1.82, 2.24) is 10.6 Å². The van der Waals surface area contributed by atoms with Gasteiger partial charge in [-0.2, -0.15) is 0 Å².